The standard InChI is InChI=1S/C16H20FNO/c1-11(2)18-9-5-6-12(3)15-10-13-7-4-8-14(17)16(13)19-15/h4,6-8,10-11,18H,5,9H2,1-3H3/b12-6-. The number of fused-ring (bicyclic) bond motifs is 1. The van der Waals surface area contributed by atoms with Crippen molar-refractivity contribution < 1.29 is 8.81 Å². The lowest BCUT2D eigenvalue weighted by Crippen LogP contribution is -2.23. The van der Waals surface area contributed by atoms with Crippen LogP contribution in [0, 0.1) is 5.82 Å². The third kappa shape index (κ3) is 3.44. The third-order valence-corrected chi connectivity index (χ3v) is 3.03. The number of hydrogen-bond donors (Lipinski definition) is 1. The molecule has 1 N–H and O–H groups in total. The van der Waals surface area contributed by atoms with Crippen LogP contribution in [0.5, 0.6) is 0 Å². The second-order valence-corrected chi connectivity index (χ2v) is 5.05. The van der Waals surface area contributed by atoms with Crippen LogP contribution < -0.4 is 5.32 Å². The van der Waals surface area contributed by atoms with E-state index in [-0.39, 0.29) is 5.82 Å². The van der Waals surface area contributed by atoms with Crippen molar-refractivity contribution in [2.75, 3.05) is 6.54 Å². The first-order valence-corrected chi connectivity index (χ1v) is 6.66. The van der Waals surface area contributed by atoms with E-state index in [0.29, 0.717) is 11.6 Å². The average Bonchev–Trinajstić information content (AvgIpc) is 2.79. The molecule has 0 bridgehead atoms. The molecule has 1 aromatic carbocycles. The van der Waals surface area contributed by atoms with Gasteiger partial charge in [0.05, 0.1) is 0 Å². The highest BCUT2D eigenvalue weighted by Gasteiger charge is 2.08. The summed E-state index contributed by atoms with van der Waals surface area (Å²) in [6.07, 6.45) is 3.05. The van der Waals surface area contributed by atoms with Crippen LogP contribution in [0.25, 0.3) is 16.5 Å². The summed E-state index contributed by atoms with van der Waals surface area (Å²) in [5.74, 6) is 0.433. The van der Waals surface area contributed by atoms with E-state index in [9.17, 15) is 4.39 Å². The first kappa shape index (κ1) is 13.8. The van der Waals surface area contributed by atoms with Crippen LogP contribution in [0.1, 0.15) is 33.0 Å². The maximum atomic E-state index is 13.5. The number of benzene rings is 1. The van der Waals surface area contributed by atoms with Crippen molar-refractivity contribution >= 4 is 16.5 Å². The molecule has 0 amide bonds. The van der Waals surface area contributed by atoms with E-state index >= 15 is 0 Å². The zero-order valence-corrected chi connectivity index (χ0v) is 11.7. The van der Waals surface area contributed by atoms with Gasteiger partial charge in [-0.25, -0.2) is 4.39 Å². The quantitative estimate of drug-likeness (QED) is 0.809. The molecule has 0 spiro atoms. The molecule has 0 atom stereocenters. The van der Waals surface area contributed by atoms with Gasteiger partial charge in [-0.15, -0.1) is 0 Å². The number of rotatable bonds is 5. The normalized spacial score (nSPS) is 12.6. The Morgan fingerprint density at radius 2 is 2.21 bits per heavy atom. The molecular weight excluding hydrogens is 241 g/mol. The molecule has 2 rings (SSSR count). The van der Waals surface area contributed by atoms with Crippen LogP contribution in [0.2, 0.25) is 0 Å². The fourth-order valence-corrected chi connectivity index (χ4v) is 1.98. The number of furan rings is 1. The Balaban J connectivity index is 2.10. The van der Waals surface area contributed by atoms with E-state index in [4.69, 9.17) is 4.42 Å². The molecule has 0 aliphatic carbocycles. The maximum absolute atomic E-state index is 13.5. The van der Waals surface area contributed by atoms with E-state index < -0.39 is 0 Å². The lowest BCUT2D eigenvalue weighted by Gasteiger charge is -2.05. The van der Waals surface area contributed by atoms with Crippen molar-refractivity contribution in [2.45, 2.75) is 33.2 Å². The SMILES string of the molecule is C/C(=C/CCNC(C)C)c1cc2cccc(F)c2o1. The minimum absolute atomic E-state index is 0.307. The monoisotopic (exact) mass is 261 g/mol. The Bertz CT molecular complexity index is 583. The largest absolute Gasteiger partial charge is 0.453 e. The molecule has 3 heteroatoms. The molecule has 0 saturated carbocycles. The lowest BCUT2D eigenvalue weighted by atomic mass is 10.1. The molecule has 2 nitrogen and oxygen atoms in total. The summed E-state index contributed by atoms with van der Waals surface area (Å²) in [6, 6.07) is 7.36. The summed E-state index contributed by atoms with van der Waals surface area (Å²) in [7, 11) is 0. The third-order valence-electron chi connectivity index (χ3n) is 3.03. The minimum Gasteiger partial charge on any atom is -0.453 e. The number of halogens is 1. The van der Waals surface area contributed by atoms with E-state index in [2.05, 4.69) is 25.2 Å². The van der Waals surface area contributed by atoms with E-state index in [1.165, 1.54) is 6.07 Å². The van der Waals surface area contributed by atoms with Crippen molar-refractivity contribution in [3.05, 3.63) is 41.9 Å². The van der Waals surface area contributed by atoms with Crippen LogP contribution in [0.15, 0.2) is 34.8 Å². The van der Waals surface area contributed by atoms with Gasteiger partial charge in [-0.2, -0.15) is 0 Å². The Morgan fingerprint density at radius 1 is 1.42 bits per heavy atom. The molecule has 2 aromatic rings. The fourth-order valence-electron chi connectivity index (χ4n) is 1.98. The number of nitrogens with one attached hydrogen (secondary N) is 1. The van der Waals surface area contributed by atoms with Crippen molar-refractivity contribution in [2.24, 2.45) is 0 Å². The zero-order valence-electron chi connectivity index (χ0n) is 11.7. The van der Waals surface area contributed by atoms with Crippen LogP contribution in [-0.2, 0) is 0 Å². The number of hydrogen-bond acceptors (Lipinski definition) is 2. The number of allylic oxidation sites excluding steroid dienone is 1. The first-order valence-electron chi connectivity index (χ1n) is 6.66. The molecule has 1 aromatic heterocycles. The maximum Gasteiger partial charge on any atom is 0.170 e. The Kier molecular flexibility index (Phi) is 4.38. The van der Waals surface area contributed by atoms with E-state index in [1.54, 1.807) is 6.07 Å². The van der Waals surface area contributed by atoms with Crippen molar-refractivity contribution in [1.82, 2.24) is 5.32 Å². The van der Waals surface area contributed by atoms with Crippen LogP contribution in [-0.4, -0.2) is 12.6 Å². The summed E-state index contributed by atoms with van der Waals surface area (Å²) >= 11 is 0. The van der Waals surface area contributed by atoms with Crippen molar-refractivity contribution in [3.63, 3.8) is 0 Å². The summed E-state index contributed by atoms with van der Waals surface area (Å²) in [5, 5.41) is 4.16. The Hall–Kier alpha value is -1.61. The smallest absolute Gasteiger partial charge is 0.170 e. The van der Waals surface area contributed by atoms with Gasteiger partial charge in [0.2, 0.25) is 0 Å². The van der Waals surface area contributed by atoms with Gasteiger partial charge in [0.15, 0.2) is 11.4 Å². The summed E-state index contributed by atoms with van der Waals surface area (Å²) in [5.41, 5.74) is 1.38. The molecule has 0 aliphatic rings. The molecule has 0 unspecified atom stereocenters. The van der Waals surface area contributed by atoms with E-state index in [0.717, 1.165) is 29.7 Å². The predicted molar refractivity (Wildman–Crippen MR) is 77.6 cm³/mol. The summed E-state index contributed by atoms with van der Waals surface area (Å²) < 4.78 is 19.1. The lowest BCUT2D eigenvalue weighted by molar-refractivity contribution is 0.551. The Labute approximate surface area is 113 Å². The highest BCUT2D eigenvalue weighted by Crippen LogP contribution is 2.26. The van der Waals surface area contributed by atoms with Crippen molar-refractivity contribution in [1.29, 1.82) is 0 Å². The molecule has 0 fully saturated rings. The highest BCUT2D eigenvalue weighted by atomic mass is 19.1. The molecule has 0 aliphatic heterocycles. The van der Waals surface area contributed by atoms with Gasteiger partial charge in [-0.05, 0) is 37.6 Å². The molecule has 19 heavy (non-hydrogen) atoms. The van der Waals surface area contributed by atoms with Crippen LogP contribution >= 0.6 is 0 Å². The molecule has 102 valence electrons. The van der Waals surface area contributed by atoms with Gasteiger partial charge in [0, 0.05) is 11.4 Å². The molecule has 1 heterocycles. The van der Waals surface area contributed by atoms with Gasteiger partial charge in [-0.3, -0.25) is 0 Å². The Morgan fingerprint density at radius 3 is 2.89 bits per heavy atom. The predicted octanol–water partition coefficient (Wildman–Crippen LogP) is 4.36. The van der Waals surface area contributed by atoms with Gasteiger partial charge in [0.25, 0.3) is 0 Å². The second kappa shape index (κ2) is 6.02. The van der Waals surface area contributed by atoms with Crippen LogP contribution in [0.4, 0.5) is 4.39 Å². The first-order chi connectivity index (χ1) is 9.08. The van der Waals surface area contributed by atoms with Gasteiger partial charge in [-0.1, -0.05) is 32.1 Å². The summed E-state index contributed by atoms with van der Waals surface area (Å²) in [6.45, 7) is 7.17. The van der Waals surface area contributed by atoms with E-state index in [1.807, 2.05) is 19.1 Å². The van der Waals surface area contributed by atoms with Gasteiger partial charge in [0.1, 0.15) is 5.76 Å². The molecule has 0 saturated heterocycles. The molecule has 0 radical (unpaired) electrons. The highest BCUT2D eigenvalue weighted by molar-refractivity contribution is 5.82. The van der Waals surface area contributed by atoms with Crippen molar-refractivity contribution in [3.8, 4) is 0 Å². The average molecular weight is 261 g/mol. The zero-order chi connectivity index (χ0) is 13.8. The van der Waals surface area contributed by atoms with Crippen LogP contribution in [0.3, 0.4) is 0 Å². The molecular formula is C16H20FNO. The minimum atomic E-state index is -0.307. The fraction of sp³-hybridized carbons (Fsp3) is 0.375. The number of para-hydroxylation sites is 1. The van der Waals surface area contributed by atoms with Gasteiger partial charge < -0.3 is 9.73 Å². The summed E-state index contributed by atoms with van der Waals surface area (Å²) in [4.78, 5) is 0. The topological polar surface area (TPSA) is 25.2 Å². The van der Waals surface area contributed by atoms with Gasteiger partial charge >= 0.3 is 0 Å². The second-order valence-electron chi connectivity index (χ2n) is 5.05.